The second-order valence-corrected chi connectivity index (χ2v) is 31.1. The number of nitrogens with one attached hydrogen (secondary N) is 3. The highest BCUT2D eigenvalue weighted by Crippen LogP contribution is 2.44. The maximum atomic E-state index is 16.1. The van der Waals surface area contributed by atoms with Crippen LogP contribution in [0.5, 0.6) is 0 Å². The topological polar surface area (TPSA) is 270 Å². The van der Waals surface area contributed by atoms with Crippen molar-refractivity contribution >= 4 is 70.9 Å². The zero-order chi connectivity index (χ0) is 75.1. The van der Waals surface area contributed by atoms with Gasteiger partial charge in [0.05, 0.1) is 25.4 Å². The molecule has 7 fully saturated rings. The maximum absolute atomic E-state index is 16.1. The van der Waals surface area contributed by atoms with Gasteiger partial charge in [-0.05, 0) is 114 Å². The average Bonchev–Trinajstić information content (AvgIpc) is 1.38. The van der Waals surface area contributed by atoms with Crippen molar-refractivity contribution in [2.24, 2.45) is 35.5 Å². The summed E-state index contributed by atoms with van der Waals surface area (Å²) in [5.74, 6) is -17.6. The first-order valence-corrected chi connectivity index (χ1v) is 36.7. The van der Waals surface area contributed by atoms with Gasteiger partial charge in [-0.3, -0.25) is 57.5 Å². The molecule has 3 unspecified atom stereocenters. The van der Waals surface area contributed by atoms with Crippen LogP contribution >= 0.6 is 0 Å². The molecule has 3 N–H and O–H groups in total. The van der Waals surface area contributed by atoms with Crippen LogP contribution in [-0.2, 0) is 57.5 Å². The number of hydrogen-bond acceptors (Lipinski definition) is 12. The molecule has 3 heterocycles. The average molecular weight is 1440 g/mol. The van der Waals surface area contributed by atoms with Crippen LogP contribution in [0.3, 0.4) is 0 Å². The summed E-state index contributed by atoms with van der Waals surface area (Å²) in [6.07, 6.45) is -3.12. The number of nitrogens with zero attached hydrogens (tertiary/aromatic N) is 9. The molecule has 13 atom stereocenters. The number of halogens is 6. The summed E-state index contributed by atoms with van der Waals surface area (Å²) in [5.41, 5.74) is -1.84. The molecule has 0 aromatic heterocycles. The molecule has 1 spiro atoms. The van der Waals surface area contributed by atoms with Gasteiger partial charge in [0, 0.05) is 69.3 Å². The van der Waals surface area contributed by atoms with Crippen LogP contribution in [0.1, 0.15) is 189 Å². The first-order chi connectivity index (χ1) is 47.3. The van der Waals surface area contributed by atoms with Gasteiger partial charge in [-0.25, -0.2) is 13.2 Å². The van der Waals surface area contributed by atoms with Gasteiger partial charge in [0.1, 0.15) is 66.1 Å². The molecule has 24 nitrogen and oxygen atoms in total. The number of likely N-dealkylation sites (N-methyl/N-ethyl adjacent to an activating group) is 7. The van der Waals surface area contributed by atoms with Crippen molar-refractivity contribution < 1.29 is 83.9 Å². The van der Waals surface area contributed by atoms with Crippen molar-refractivity contribution in [1.82, 2.24) is 60.0 Å². The van der Waals surface area contributed by atoms with Crippen LogP contribution in [0, 0.1) is 35.5 Å². The van der Waals surface area contributed by atoms with Gasteiger partial charge in [-0.1, -0.05) is 91.9 Å². The summed E-state index contributed by atoms with van der Waals surface area (Å²) >= 11 is 0. The molecule has 30 heteroatoms. The van der Waals surface area contributed by atoms with E-state index in [1.165, 1.54) is 92.7 Å². The molecule has 4 saturated carbocycles. The highest BCUT2D eigenvalue weighted by molar-refractivity contribution is 6.01. The van der Waals surface area contributed by atoms with E-state index in [1.54, 1.807) is 6.92 Å². The Morgan fingerprint density at radius 3 is 1.83 bits per heavy atom. The molecule has 12 amide bonds. The molecule has 3 saturated heterocycles. The van der Waals surface area contributed by atoms with E-state index < -0.39 is 218 Å². The Hall–Kier alpha value is -6.78. The third kappa shape index (κ3) is 19.2. The van der Waals surface area contributed by atoms with E-state index in [0.29, 0.717) is 49.8 Å². The van der Waals surface area contributed by atoms with Crippen LogP contribution in [0.15, 0.2) is 0 Å². The molecular weight excluding hydrogens is 1330 g/mol. The van der Waals surface area contributed by atoms with E-state index in [9.17, 15) is 51.5 Å². The summed E-state index contributed by atoms with van der Waals surface area (Å²) in [6, 6.07) is -12.6. The second kappa shape index (κ2) is 34.2. The zero-order valence-corrected chi connectivity index (χ0v) is 61.5. The number of rotatable bonds is 11. The van der Waals surface area contributed by atoms with Crippen molar-refractivity contribution in [3.05, 3.63) is 0 Å². The lowest BCUT2D eigenvalue weighted by atomic mass is 9.78. The predicted molar refractivity (Wildman–Crippen MR) is 361 cm³/mol. The first-order valence-electron chi connectivity index (χ1n) is 36.7. The fourth-order valence-corrected chi connectivity index (χ4v) is 16.5. The number of carbonyl (C=O) groups is 12. The molecule has 570 valence electrons. The molecule has 4 aliphatic carbocycles. The van der Waals surface area contributed by atoms with Gasteiger partial charge in [0.25, 0.3) is 5.92 Å². The van der Waals surface area contributed by atoms with Crippen LogP contribution < -0.4 is 16.0 Å². The summed E-state index contributed by atoms with van der Waals surface area (Å²) in [6.45, 7) is 6.68. The second-order valence-electron chi connectivity index (χ2n) is 31.1. The number of carbonyl (C=O) groups excluding carboxylic acids is 12. The Morgan fingerprint density at radius 2 is 1.27 bits per heavy atom. The maximum Gasteiger partial charge on any atom is 0.394 e. The Morgan fingerprint density at radius 1 is 0.644 bits per heavy atom. The Bertz CT molecular complexity index is 3020. The number of fused-ring (bicyclic) bond motifs is 2. The standard InChI is InChI=1S/C71H112F6N12O12/c1-14-42(4)57-66(99)83(9)43(5)61(94)88-33-30-50(88)65(98)85(11)52(36-44-22-16-15-17-23-44)64(97)82(8)39-55(90)78-49(29-27-45-26-28-47(48(72)35-45)71(75,76)77)62(95)89-40-70(73,74)38-54(89)60(93)80-69(31-20-21-32-69)68(101)87(13)58(46-24-18-19-25-46)67(100)86(12)53(63(96)81(6)7)37-56(91)84(10)51(34-41(2)3)59(92)79-57/h41-54,57-58H,14-40H2,1-13H3,(H,78,90)(H,79,92)(H,80,93)/t42-,43-,45?,47?,48?,49-,50-,51-,52-,53-,54-,57-,58-/m0/s1. The first kappa shape index (κ1) is 81.5. The van der Waals surface area contributed by atoms with Crippen LogP contribution in [-0.4, -0.2) is 269 Å². The molecule has 0 radical (unpaired) electrons. The quantitative estimate of drug-likeness (QED) is 0.211. The van der Waals surface area contributed by atoms with Crippen LogP contribution in [0.2, 0.25) is 0 Å². The minimum Gasteiger partial charge on any atom is -0.347 e. The fraction of sp³-hybridized carbons (Fsp3) is 0.831. The van der Waals surface area contributed by atoms with E-state index in [4.69, 9.17) is 0 Å². The molecule has 101 heavy (non-hydrogen) atoms. The molecule has 7 rings (SSSR count). The summed E-state index contributed by atoms with van der Waals surface area (Å²) < 4.78 is 89.1. The Labute approximate surface area is 591 Å². The molecule has 0 aromatic rings. The normalized spacial score (nSPS) is 31.3. The third-order valence-corrected chi connectivity index (χ3v) is 23.3. The van der Waals surface area contributed by atoms with Gasteiger partial charge in [-0.15, -0.1) is 0 Å². The SMILES string of the molecule is CC[C@H](C)[C@@H]1NC(=O)[C@H](CC(C)C)N(C)C(=O)C[C@@H](C(=O)N(C)C)N(C)C(=O)[C@H](C2CCCC2)N(C)C(=O)C2(CCCC2)NC(=O)[C@@H]2CC(F)(F)CN2C(=O)[C@H](CCC2CCC(C(F)(F)F)C(F)C2)NC(=O)CN(C)C(=O)[C@H](CC2CCCCC2)N(C)C(=O)[C@@H]2CCN2C(=O)[C@H](C)N(C)C1=O. The van der Waals surface area contributed by atoms with Gasteiger partial charge >= 0.3 is 6.18 Å². The van der Waals surface area contributed by atoms with E-state index in [2.05, 4.69) is 16.0 Å². The Kier molecular flexibility index (Phi) is 27.6. The Balaban J connectivity index is 1.30. The van der Waals surface area contributed by atoms with E-state index in [-0.39, 0.29) is 63.3 Å². The molecular formula is C71H112F6N12O12. The molecule has 0 aromatic carbocycles. The number of amides is 12. The van der Waals surface area contributed by atoms with Crippen molar-refractivity contribution in [2.75, 3.05) is 76.0 Å². The van der Waals surface area contributed by atoms with Gasteiger partial charge < -0.3 is 60.0 Å². The smallest absolute Gasteiger partial charge is 0.347 e. The lowest BCUT2D eigenvalue weighted by Crippen LogP contribution is -2.65. The van der Waals surface area contributed by atoms with E-state index in [0.717, 1.165) is 41.9 Å². The minimum absolute atomic E-state index is 0.0303. The lowest BCUT2D eigenvalue weighted by Gasteiger charge is -2.45. The zero-order valence-electron chi connectivity index (χ0n) is 61.5. The fourth-order valence-electron chi connectivity index (χ4n) is 16.5. The summed E-state index contributed by atoms with van der Waals surface area (Å²) in [7, 11) is 11.1. The number of alkyl halides is 6. The summed E-state index contributed by atoms with van der Waals surface area (Å²) in [4.78, 5) is 189. The van der Waals surface area contributed by atoms with Gasteiger partial charge in [0.2, 0.25) is 70.9 Å². The van der Waals surface area contributed by atoms with Crippen LogP contribution in [0.25, 0.3) is 0 Å². The largest absolute Gasteiger partial charge is 0.394 e. The highest BCUT2D eigenvalue weighted by atomic mass is 19.4. The molecule has 7 aliphatic rings. The summed E-state index contributed by atoms with van der Waals surface area (Å²) in [5, 5.41) is 8.21. The number of hydrogen-bond donors (Lipinski definition) is 3. The minimum atomic E-state index is -4.83. The van der Waals surface area contributed by atoms with E-state index >= 15 is 32.3 Å². The van der Waals surface area contributed by atoms with Crippen molar-refractivity contribution in [1.29, 1.82) is 0 Å². The monoisotopic (exact) mass is 1440 g/mol. The highest BCUT2D eigenvalue weighted by Gasteiger charge is 2.56. The molecule has 3 aliphatic heterocycles. The van der Waals surface area contributed by atoms with Crippen molar-refractivity contribution in [2.45, 2.75) is 267 Å². The third-order valence-electron chi connectivity index (χ3n) is 23.3. The van der Waals surface area contributed by atoms with Crippen molar-refractivity contribution in [3.8, 4) is 0 Å². The lowest BCUT2D eigenvalue weighted by molar-refractivity contribution is -0.201. The van der Waals surface area contributed by atoms with Gasteiger partial charge in [-0.2, -0.15) is 13.2 Å². The van der Waals surface area contributed by atoms with Crippen molar-refractivity contribution in [3.63, 3.8) is 0 Å². The van der Waals surface area contributed by atoms with Gasteiger partial charge in [0.15, 0.2) is 0 Å². The predicted octanol–water partition coefficient (Wildman–Crippen LogP) is 5.68. The van der Waals surface area contributed by atoms with Crippen LogP contribution in [0.4, 0.5) is 26.3 Å². The van der Waals surface area contributed by atoms with E-state index in [1.807, 2.05) is 20.8 Å². The molecule has 0 bridgehead atoms.